The van der Waals surface area contributed by atoms with Crippen LogP contribution in [0.3, 0.4) is 0 Å². The van der Waals surface area contributed by atoms with Gasteiger partial charge in [-0.05, 0) is 31.2 Å². The van der Waals surface area contributed by atoms with Crippen LogP contribution in [-0.4, -0.2) is 46.3 Å². The minimum atomic E-state index is -0.676. The molecular weight excluding hydrogens is 336 g/mol. The summed E-state index contributed by atoms with van der Waals surface area (Å²) in [7, 11) is 0. The van der Waals surface area contributed by atoms with E-state index in [-0.39, 0.29) is 11.8 Å². The predicted molar refractivity (Wildman–Crippen MR) is 99.9 cm³/mol. The van der Waals surface area contributed by atoms with E-state index >= 15 is 0 Å². The monoisotopic (exact) mass is 358 g/mol. The number of nitrogens with zero attached hydrogens (tertiary/aromatic N) is 2. The van der Waals surface area contributed by atoms with E-state index < -0.39 is 6.04 Å². The second kappa shape index (κ2) is 9.14. The smallest absolute Gasteiger partial charge is 0.258 e. The van der Waals surface area contributed by atoms with Gasteiger partial charge in [0, 0.05) is 35.8 Å². The third kappa shape index (κ3) is 4.77. The van der Waals surface area contributed by atoms with Crippen LogP contribution in [-0.2, 0) is 16.0 Å². The maximum Gasteiger partial charge on any atom is 0.258 e. The average molecular weight is 358 g/mol. The van der Waals surface area contributed by atoms with E-state index in [1.165, 1.54) is 11.8 Å². The lowest BCUT2D eigenvalue weighted by Crippen LogP contribution is -2.48. The Balaban J connectivity index is 1.97. The molecule has 1 unspecified atom stereocenters. The van der Waals surface area contributed by atoms with E-state index in [9.17, 15) is 9.59 Å². The van der Waals surface area contributed by atoms with Gasteiger partial charge in [-0.3, -0.25) is 9.59 Å². The van der Waals surface area contributed by atoms with Crippen molar-refractivity contribution in [3.05, 3.63) is 36.0 Å². The van der Waals surface area contributed by atoms with Gasteiger partial charge in [0.15, 0.2) is 6.19 Å². The normalized spacial score (nSPS) is 11.7. The van der Waals surface area contributed by atoms with Crippen LogP contribution in [0.5, 0.6) is 0 Å². The van der Waals surface area contributed by atoms with Crippen LogP contribution in [0.1, 0.15) is 18.9 Å². The van der Waals surface area contributed by atoms with Gasteiger partial charge in [-0.2, -0.15) is 17.0 Å². The molecule has 132 valence electrons. The van der Waals surface area contributed by atoms with Crippen molar-refractivity contribution >= 4 is 34.5 Å². The summed E-state index contributed by atoms with van der Waals surface area (Å²) < 4.78 is 0. The van der Waals surface area contributed by atoms with Gasteiger partial charge in [0.1, 0.15) is 6.04 Å². The van der Waals surface area contributed by atoms with E-state index in [4.69, 9.17) is 5.26 Å². The molecule has 6 nitrogen and oxygen atoms in total. The van der Waals surface area contributed by atoms with E-state index in [0.717, 1.165) is 21.4 Å². The molecule has 0 aliphatic rings. The first kappa shape index (κ1) is 18.9. The number of thioether (sulfide) groups is 1. The molecule has 2 rings (SSSR count). The second-order valence-electron chi connectivity index (χ2n) is 5.62. The molecule has 1 aromatic carbocycles. The zero-order valence-corrected chi connectivity index (χ0v) is 15.2. The lowest BCUT2D eigenvalue weighted by Gasteiger charge is -2.20. The standard InChI is InChI=1S/C18H22N4O2S/c1-3-22(12-19)18(24)16(11-25-2)21-17(23)9-8-13-10-20-15-7-5-4-6-14(13)15/h4-7,10,16,20H,3,8-9,11H2,1-2H3,(H,21,23). The van der Waals surface area contributed by atoms with Crippen LogP contribution >= 0.6 is 11.8 Å². The van der Waals surface area contributed by atoms with Crippen molar-refractivity contribution in [2.24, 2.45) is 0 Å². The highest BCUT2D eigenvalue weighted by Crippen LogP contribution is 2.19. The van der Waals surface area contributed by atoms with Crippen LogP contribution in [0.2, 0.25) is 0 Å². The number of likely N-dealkylation sites (N-methyl/N-ethyl adjacent to an activating group) is 1. The van der Waals surface area contributed by atoms with Crippen molar-refractivity contribution in [2.75, 3.05) is 18.6 Å². The summed E-state index contributed by atoms with van der Waals surface area (Å²) >= 11 is 1.46. The first-order chi connectivity index (χ1) is 12.1. The molecule has 1 heterocycles. The van der Waals surface area contributed by atoms with Gasteiger partial charge in [-0.1, -0.05) is 18.2 Å². The number of carbonyl (C=O) groups is 2. The Morgan fingerprint density at radius 3 is 2.84 bits per heavy atom. The molecule has 0 saturated heterocycles. The quantitative estimate of drug-likeness (QED) is 0.560. The summed E-state index contributed by atoms with van der Waals surface area (Å²) in [6.07, 6.45) is 6.51. The lowest BCUT2D eigenvalue weighted by atomic mass is 10.1. The van der Waals surface area contributed by atoms with Gasteiger partial charge in [0.2, 0.25) is 5.91 Å². The molecule has 2 amide bonds. The molecule has 1 atom stereocenters. The second-order valence-corrected chi connectivity index (χ2v) is 6.53. The number of amides is 2. The van der Waals surface area contributed by atoms with Gasteiger partial charge in [0.25, 0.3) is 5.91 Å². The van der Waals surface area contributed by atoms with E-state index in [2.05, 4.69) is 10.3 Å². The molecule has 25 heavy (non-hydrogen) atoms. The third-order valence-electron chi connectivity index (χ3n) is 3.97. The molecule has 0 bridgehead atoms. The number of fused-ring (bicyclic) bond motifs is 1. The molecule has 0 aliphatic heterocycles. The van der Waals surface area contributed by atoms with Gasteiger partial charge >= 0.3 is 0 Å². The van der Waals surface area contributed by atoms with Crippen LogP contribution in [0.15, 0.2) is 30.5 Å². The fourth-order valence-corrected chi connectivity index (χ4v) is 3.22. The SMILES string of the molecule is CCN(C#N)C(=O)C(CSC)NC(=O)CCc1c[nH]c2ccccc12. The number of H-pyrrole nitrogens is 1. The summed E-state index contributed by atoms with van der Waals surface area (Å²) in [4.78, 5) is 28.8. The number of nitrogens with one attached hydrogen (secondary N) is 2. The van der Waals surface area contributed by atoms with Crippen molar-refractivity contribution < 1.29 is 9.59 Å². The number of rotatable bonds is 8. The number of para-hydroxylation sites is 1. The Bertz CT molecular complexity index is 781. The average Bonchev–Trinajstić information content (AvgIpc) is 3.04. The Hall–Kier alpha value is -2.46. The van der Waals surface area contributed by atoms with E-state index in [1.807, 2.05) is 42.9 Å². The fourth-order valence-electron chi connectivity index (χ4n) is 2.66. The maximum absolute atomic E-state index is 12.3. The van der Waals surface area contributed by atoms with Crippen LogP contribution < -0.4 is 5.32 Å². The number of carbonyl (C=O) groups excluding carboxylic acids is 2. The summed E-state index contributed by atoms with van der Waals surface area (Å²) in [5, 5.41) is 12.9. The van der Waals surface area contributed by atoms with Crippen molar-refractivity contribution in [1.82, 2.24) is 15.2 Å². The molecule has 2 aromatic rings. The summed E-state index contributed by atoms with van der Waals surface area (Å²) in [5.74, 6) is -0.109. The molecule has 0 saturated carbocycles. The van der Waals surface area contributed by atoms with Crippen LogP contribution in [0.25, 0.3) is 10.9 Å². The zero-order valence-electron chi connectivity index (χ0n) is 14.4. The Kier molecular flexibility index (Phi) is 6.90. The Morgan fingerprint density at radius 1 is 1.40 bits per heavy atom. The largest absolute Gasteiger partial charge is 0.361 e. The van der Waals surface area contributed by atoms with Crippen LogP contribution in [0.4, 0.5) is 0 Å². The van der Waals surface area contributed by atoms with Crippen molar-refractivity contribution in [3.63, 3.8) is 0 Å². The van der Waals surface area contributed by atoms with Crippen LogP contribution in [0, 0.1) is 11.5 Å². The third-order valence-corrected chi connectivity index (χ3v) is 4.63. The molecule has 2 N–H and O–H groups in total. The number of aryl methyl sites for hydroxylation is 1. The summed E-state index contributed by atoms with van der Waals surface area (Å²) in [5.41, 5.74) is 2.12. The minimum Gasteiger partial charge on any atom is -0.361 e. The van der Waals surface area contributed by atoms with Crippen molar-refractivity contribution in [2.45, 2.75) is 25.8 Å². The molecule has 0 radical (unpaired) electrons. The van der Waals surface area contributed by atoms with Gasteiger partial charge in [-0.25, -0.2) is 4.90 Å². The predicted octanol–water partition coefficient (Wildman–Crippen LogP) is 2.28. The first-order valence-corrected chi connectivity index (χ1v) is 9.54. The Morgan fingerprint density at radius 2 is 2.16 bits per heavy atom. The fraction of sp³-hybridized carbons (Fsp3) is 0.389. The molecular formula is C18H22N4O2S. The van der Waals surface area contributed by atoms with Gasteiger partial charge < -0.3 is 10.3 Å². The number of aromatic nitrogens is 1. The van der Waals surface area contributed by atoms with E-state index in [0.29, 0.717) is 25.1 Å². The lowest BCUT2D eigenvalue weighted by molar-refractivity contribution is -0.133. The molecule has 0 fully saturated rings. The van der Waals surface area contributed by atoms with Gasteiger partial charge in [0.05, 0.1) is 0 Å². The summed E-state index contributed by atoms with van der Waals surface area (Å²) in [6.45, 7) is 2.03. The molecule has 0 spiro atoms. The van der Waals surface area contributed by atoms with Crippen molar-refractivity contribution in [1.29, 1.82) is 5.26 Å². The Labute approximate surface area is 151 Å². The maximum atomic E-state index is 12.3. The molecule has 7 heteroatoms. The highest BCUT2D eigenvalue weighted by atomic mass is 32.2. The zero-order chi connectivity index (χ0) is 18.2. The number of hydrogen-bond donors (Lipinski definition) is 2. The number of benzene rings is 1. The van der Waals surface area contributed by atoms with Crippen molar-refractivity contribution in [3.8, 4) is 6.19 Å². The molecule has 0 aliphatic carbocycles. The minimum absolute atomic E-state index is 0.188. The topological polar surface area (TPSA) is 89.0 Å². The number of nitriles is 1. The summed E-state index contributed by atoms with van der Waals surface area (Å²) in [6, 6.07) is 7.26. The molecule has 1 aromatic heterocycles. The highest BCUT2D eigenvalue weighted by molar-refractivity contribution is 7.98. The van der Waals surface area contributed by atoms with Gasteiger partial charge in [-0.15, -0.1) is 0 Å². The number of aromatic amines is 1. The van der Waals surface area contributed by atoms with E-state index in [1.54, 1.807) is 6.92 Å². The first-order valence-electron chi connectivity index (χ1n) is 8.15. The highest BCUT2D eigenvalue weighted by Gasteiger charge is 2.24. The number of hydrogen-bond acceptors (Lipinski definition) is 4.